The summed E-state index contributed by atoms with van der Waals surface area (Å²) in [5, 5.41) is 11.5. The minimum Gasteiger partial charge on any atom is -0.491 e. The maximum Gasteiger partial charge on any atom is 0.331 e. The number of nitrogens with one attached hydrogen (secondary N) is 1. The molecular formula is C13H18N2O5. The van der Waals surface area contributed by atoms with Gasteiger partial charge in [-0.25, -0.2) is 9.78 Å². The molecule has 0 saturated carbocycles. The first-order chi connectivity index (χ1) is 9.63. The van der Waals surface area contributed by atoms with Crippen molar-refractivity contribution in [1.82, 2.24) is 10.3 Å². The van der Waals surface area contributed by atoms with E-state index in [0.29, 0.717) is 12.4 Å². The number of ether oxygens (including phenoxy) is 2. The van der Waals surface area contributed by atoms with Crippen LogP contribution in [0.3, 0.4) is 0 Å². The average molecular weight is 282 g/mol. The van der Waals surface area contributed by atoms with Gasteiger partial charge in [0, 0.05) is 6.20 Å². The SMILES string of the molecule is CCOC(=O)[C@H](CO)NC(=O)c1ncccc1OCC. The Labute approximate surface area is 116 Å². The molecule has 20 heavy (non-hydrogen) atoms. The molecule has 0 aliphatic heterocycles. The Morgan fingerprint density at radius 1 is 1.40 bits per heavy atom. The molecule has 0 fully saturated rings. The fourth-order valence-electron chi connectivity index (χ4n) is 1.48. The molecule has 1 heterocycles. The molecule has 2 N–H and O–H groups in total. The summed E-state index contributed by atoms with van der Waals surface area (Å²) in [6.07, 6.45) is 1.44. The van der Waals surface area contributed by atoms with Crippen LogP contribution in [0.2, 0.25) is 0 Å². The summed E-state index contributed by atoms with van der Waals surface area (Å²) in [6, 6.07) is 2.11. The molecule has 1 amide bonds. The third-order valence-corrected chi connectivity index (χ3v) is 2.34. The highest BCUT2D eigenvalue weighted by atomic mass is 16.5. The van der Waals surface area contributed by atoms with Gasteiger partial charge < -0.3 is 19.9 Å². The topological polar surface area (TPSA) is 97.8 Å². The Morgan fingerprint density at radius 2 is 2.15 bits per heavy atom. The van der Waals surface area contributed by atoms with E-state index in [1.54, 1.807) is 26.0 Å². The first-order valence-electron chi connectivity index (χ1n) is 6.30. The van der Waals surface area contributed by atoms with Crippen molar-refractivity contribution in [3.05, 3.63) is 24.0 Å². The standard InChI is InChI=1S/C13H18N2O5/c1-3-19-10-6-5-7-14-11(10)12(17)15-9(8-16)13(18)20-4-2/h5-7,9,16H,3-4,8H2,1-2H3,(H,15,17)/t9-/m0/s1. The van der Waals surface area contributed by atoms with Gasteiger partial charge in [-0.15, -0.1) is 0 Å². The van der Waals surface area contributed by atoms with Gasteiger partial charge in [-0.05, 0) is 26.0 Å². The van der Waals surface area contributed by atoms with Gasteiger partial charge in [0.1, 0.15) is 0 Å². The van der Waals surface area contributed by atoms with E-state index in [0.717, 1.165) is 0 Å². The molecule has 1 atom stereocenters. The Kier molecular flexibility index (Phi) is 6.45. The lowest BCUT2D eigenvalue weighted by Gasteiger charge is -2.15. The van der Waals surface area contributed by atoms with E-state index in [2.05, 4.69) is 10.3 Å². The van der Waals surface area contributed by atoms with Crippen molar-refractivity contribution in [2.24, 2.45) is 0 Å². The van der Waals surface area contributed by atoms with Crippen LogP contribution in [0.5, 0.6) is 5.75 Å². The predicted molar refractivity (Wildman–Crippen MR) is 70.4 cm³/mol. The number of esters is 1. The van der Waals surface area contributed by atoms with Crippen LogP contribution < -0.4 is 10.1 Å². The van der Waals surface area contributed by atoms with E-state index in [4.69, 9.17) is 14.6 Å². The second-order valence-electron chi connectivity index (χ2n) is 3.74. The molecule has 7 heteroatoms. The minimum absolute atomic E-state index is 0.0529. The minimum atomic E-state index is -1.13. The Bertz CT molecular complexity index is 464. The number of hydrogen-bond acceptors (Lipinski definition) is 6. The van der Waals surface area contributed by atoms with Crippen LogP contribution in [0.4, 0.5) is 0 Å². The van der Waals surface area contributed by atoms with E-state index in [-0.39, 0.29) is 12.3 Å². The van der Waals surface area contributed by atoms with Crippen molar-refractivity contribution in [2.75, 3.05) is 19.8 Å². The zero-order valence-corrected chi connectivity index (χ0v) is 11.5. The fourth-order valence-corrected chi connectivity index (χ4v) is 1.48. The molecule has 0 aliphatic carbocycles. The zero-order valence-electron chi connectivity index (χ0n) is 11.5. The summed E-state index contributed by atoms with van der Waals surface area (Å²) < 4.78 is 10.0. The highest BCUT2D eigenvalue weighted by Crippen LogP contribution is 2.15. The molecule has 0 saturated heterocycles. The first kappa shape index (κ1) is 15.9. The lowest BCUT2D eigenvalue weighted by molar-refractivity contribution is -0.146. The van der Waals surface area contributed by atoms with E-state index in [1.165, 1.54) is 6.20 Å². The van der Waals surface area contributed by atoms with Gasteiger partial charge in [-0.2, -0.15) is 0 Å². The summed E-state index contributed by atoms with van der Waals surface area (Å²) >= 11 is 0. The highest BCUT2D eigenvalue weighted by Gasteiger charge is 2.24. The number of carbonyl (C=O) groups excluding carboxylic acids is 2. The summed E-state index contributed by atoms with van der Waals surface area (Å²) in [6.45, 7) is 3.41. The molecule has 7 nitrogen and oxygen atoms in total. The molecule has 1 aromatic heterocycles. The van der Waals surface area contributed by atoms with E-state index in [1.807, 2.05) is 0 Å². The van der Waals surface area contributed by atoms with Crippen molar-refractivity contribution >= 4 is 11.9 Å². The number of aliphatic hydroxyl groups excluding tert-OH is 1. The molecule has 0 bridgehead atoms. The highest BCUT2D eigenvalue weighted by molar-refractivity contribution is 5.97. The summed E-state index contributed by atoms with van der Waals surface area (Å²) in [7, 11) is 0. The number of aliphatic hydroxyl groups is 1. The van der Waals surface area contributed by atoms with Crippen molar-refractivity contribution in [1.29, 1.82) is 0 Å². The van der Waals surface area contributed by atoms with Crippen LogP contribution in [0, 0.1) is 0 Å². The number of carbonyl (C=O) groups is 2. The van der Waals surface area contributed by atoms with Gasteiger partial charge in [0.05, 0.1) is 19.8 Å². The quantitative estimate of drug-likeness (QED) is 0.690. The lowest BCUT2D eigenvalue weighted by Crippen LogP contribution is -2.44. The smallest absolute Gasteiger partial charge is 0.331 e. The van der Waals surface area contributed by atoms with E-state index in [9.17, 15) is 9.59 Å². The lowest BCUT2D eigenvalue weighted by atomic mass is 10.2. The Balaban J connectivity index is 2.81. The van der Waals surface area contributed by atoms with Crippen LogP contribution in [0.1, 0.15) is 24.3 Å². The largest absolute Gasteiger partial charge is 0.491 e. The molecule has 110 valence electrons. The van der Waals surface area contributed by atoms with Gasteiger partial charge in [-0.1, -0.05) is 0 Å². The second-order valence-corrected chi connectivity index (χ2v) is 3.74. The van der Waals surface area contributed by atoms with Crippen LogP contribution in [-0.4, -0.2) is 47.8 Å². The van der Waals surface area contributed by atoms with Crippen molar-refractivity contribution in [3.63, 3.8) is 0 Å². The monoisotopic (exact) mass is 282 g/mol. The molecule has 0 radical (unpaired) electrons. The number of amides is 1. The molecule has 0 aliphatic rings. The maximum atomic E-state index is 12.0. The predicted octanol–water partition coefficient (Wildman–Crippen LogP) is 0.134. The Morgan fingerprint density at radius 3 is 2.75 bits per heavy atom. The summed E-state index contributed by atoms with van der Waals surface area (Å²) in [4.78, 5) is 27.5. The molecule has 0 unspecified atom stereocenters. The van der Waals surface area contributed by atoms with Crippen LogP contribution in [-0.2, 0) is 9.53 Å². The van der Waals surface area contributed by atoms with Crippen molar-refractivity contribution in [3.8, 4) is 5.75 Å². The number of hydrogen-bond donors (Lipinski definition) is 2. The van der Waals surface area contributed by atoms with Crippen LogP contribution >= 0.6 is 0 Å². The van der Waals surface area contributed by atoms with Crippen molar-refractivity contribution < 1.29 is 24.2 Å². The second kappa shape index (κ2) is 8.11. The fraction of sp³-hybridized carbons (Fsp3) is 0.462. The first-order valence-corrected chi connectivity index (χ1v) is 6.30. The number of nitrogens with zero attached hydrogens (tertiary/aromatic N) is 1. The van der Waals surface area contributed by atoms with Crippen molar-refractivity contribution in [2.45, 2.75) is 19.9 Å². The number of pyridine rings is 1. The number of rotatable bonds is 7. The zero-order chi connectivity index (χ0) is 15.0. The third kappa shape index (κ3) is 4.20. The van der Waals surface area contributed by atoms with Gasteiger partial charge in [0.2, 0.25) is 0 Å². The molecular weight excluding hydrogens is 264 g/mol. The molecule has 0 aromatic carbocycles. The molecule has 1 rings (SSSR count). The van der Waals surface area contributed by atoms with Gasteiger partial charge in [0.25, 0.3) is 5.91 Å². The molecule has 0 spiro atoms. The van der Waals surface area contributed by atoms with Gasteiger partial charge in [0.15, 0.2) is 17.5 Å². The summed E-state index contributed by atoms with van der Waals surface area (Å²) in [5.41, 5.74) is 0.0529. The average Bonchev–Trinajstić information content (AvgIpc) is 2.45. The van der Waals surface area contributed by atoms with E-state index >= 15 is 0 Å². The van der Waals surface area contributed by atoms with Crippen LogP contribution in [0.15, 0.2) is 18.3 Å². The van der Waals surface area contributed by atoms with Crippen LogP contribution in [0.25, 0.3) is 0 Å². The Hall–Kier alpha value is -2.15. The summed E-state index contributed by atoms with van der Waals surface area (Å²) in [5.74, 6) is -0.994. The normalized spacial score (nSPS) is 11.6. The number of aromatic nitrogens is 1. The van der Waals surface area contributed by atoms with Gasteiger partial charge in [-0.3, -0.25) is 4.79 Å². The maximum absolute atomic E-state index is 12.0. The van der Waals surface area contributed by atoms with E-state index < -0.39 is 24.5 Å². The third-order valence-electron chi connectivity index (χ3n) is 2.34. The molecule has 1 aromatic rings. The van der Waals surface area contributed by atoms with Gasteiger partial charge >= 0.3 is 5.97 Å².